The summed E-state index contributed by atoms with van der Waals surface area (Å²) in [5.41, 5.74) is 8.84. The summed E-state index contributed by atoms with van der Waals surface area (Å²) in [7, 11) is 1.94. The van der Waals surface area contributed by atoms with Crippen molar-refractivity contribution >= 4 is 0 Å². The minimum absolute atomic E-state index is 0.525. The summed E-state index contributed by atoms with van der Waals surface area (Å²) in [5.74, 6) is 0.845. The van der Waals surface area contributed by atoms with Crippen molar-refractivity contribution < 1.29 is 4.74 Å². The molecular formula is C14H19N3O. The zero-order valence-electron chi connectivity index (χ0n) is 10.9. The van der Waals surface area contributed by atoms with Crippen LogP contribution in [0.3, 0.4) is 0 Å². The number of rotatable bonds is 5. The Kier molecular flexibility index (Phi) is 3.99. The van der Waals surface area contributed by atoms with Crippen LogP contribution in [0.1, 0.15) is 23.9 Å². The van der Waals surface area contributed by atoms with Crippen LogP contribution < -0.4 is 10.5 Å². The molecule has 1 heterocycles. The Hall–Kier alpha value is -1.81. The lowest BCUT2D eigenvalue weighted by molar-refractivity contribution is 0.294. The quantitative estimate of drug-likeness (QED) is 0.876. The Morgan fingerprint density at radius 3 is 2.83 bits per heavy atom. The number of aromatic nitrogens is 2. The predicted molar refractivity (Wildman–Crippen MR) is 71.3 cm³/mol. The molecule has 0 spiro atoms. The Morgan fingerprint density at radius 1 is 1.33 bits per heavy atom. The molecule has 0 radical (unpaired) electrons. The summed E-state index contributed by atoms with van der Waals surface area (Å²) in [6.45, 7) is 3.15. The zero-order valence-corrected chi connectivity index (χ0v) is 10.9. The molecule has 0 aliphatic heterocycles. The van der Waals surface area contributed by atoms with Crippen molar-refractivity contribution in [3.63, 3.8) is 0 Å². The predicted octanol–water partition coefficient (Wildman–Crippen LogP) is 2.02. The molecule has 0 saturated heterocycles. The maximum Gasteiger partial charge on any atom is 0.130 e. The van der Waals surface area contributed by atoms with Crippen molar-refractivity contribution in [3.05, 3.63) is 47.3 Å². The van der Waals surface area contributed by atoms with Gasteiger partial charge in [-0.25, -0.2) is 0 Å². The van der Waals surface area contributed by atoms with Gasteiger partial charge in [0.25, 0.3) is 0 Å². The van der Waals surface area contributed by atoms with E-state index in [0.717, 1.165) is 29.1 Å². The first-order valence-corrected chi connectivity index (χ1v) is 6.16. The van der Waals surface area contributed by atoms with E-state index in [9.17, 15) is 0 Å². The van der Waals surface area contributed by atoms with Gasteiger partial charge in [-0.15, -0.1) is 0 Å². The van der Waals surface area contributed by atoms with Gasteiger partial charge in [0.2, 0.25) is 0 Å². The van der Waals surface area contributed by atoms with E-state index in [1.54, 1.807) is 0 Å². The SMILES string of the molecule is CCc1cc(COc2cccc(CN)c2)n(C)n1. The van der Waals surface area contributed by atoms with Gasteiger partial charge in [0.1, 0.15) is 12.4 Å². The Bertz CT molecular complexity index is 520. The van der Waals surface area contributed by atoms with E-state index in [1.807, 2.05) is 36.0 Å². The molecule has 1 aromatic heterocycles. The average Bonchev–Trinajstić information content (AvgIpc) is 2.77. The van der Waals surface area contributed by atoms with Crippen molar-refractivity contribution in [2.24, 2.45) is 12.8 Å². The second kappa shape index (κ2) is 5.69. The molecule has 0 amide bonds. The second-order valence-corrected chi connectivity index (χ2v) is 4.24. The molecule has 0 fully saturated rings. The van der Waals surface area contributed by atoms with Gasteiger partial charge in [-0.3, -0.25) is 4.68 Å². The molecule has 2 rings (SSSR count). The van der Waals surface area contributed by atoms with Gasteiger partial charge >= 0.3 is 0 Å². The van der Waals surface area contributed by atoms with Crippen molar-refractivity contribution in [2.45, 2.75) is 26.5 Å². The molecule has 2 N–H and O–H groups in total. The van der Waals surface area contributed by atoms with Crippen LogP contribution in [0.4, 0.5) is 0 Å². The van der Waals surface area contributed by atoms with Crippen LogP contribution >= 0.6 is 0 Å². The van der Waals surface area contributed by atoms with E-state index >= 15 is 0 Å². The van der Waals surface area contributed by atoms with Gasteiger partial charge in [-0.05, 0) is 30.2 Å². The molecule has 0 saturated carbocycles. The first-order valence-electron chi connectivity index (χ1n) is 6.16. The molecule has 4 heteroatoms. The first-order chi connectivity index (χ1) is 8.72. The van der Waals surface area contributed by atoms with E-state index in [4.69, 9.17) is 10.5 Å². The maximum absolute atomic E-state index is 5.76. The highest BCUT2D eigenvalue weighted by molar-refractivity contribution is 5.28. The van der Waals surface area contributed by atoms with Gasteiger partial charge in [-0.2, -0.15) is 5.10 Å². The molecule has 0 unspecified atom stereocenters. The summed E-state index contributed by atoms with van der Waals surface area (Å²) in [5, 5.41) is 4.39. The maximum atomic E-state index is 5.76. The van der Waals surface area contributed by atoms with Gasteiger partial charge in [0.05, 0.1) is 11.4 Å². The molecule has 1 aromatic carbocycles. The number of ether oxygens (including phenoxy) is 1. The zero-order chi connectivity index (χ0) is 13.0. The molecule has 0 aliphatic carbocycles. The Morgan fingerprint density at radius 2 is 2.17 bits per heavy atom. The minimum atomic E-state index is 0.525. The summed E-state index contributed by atoms with van der Waals surface area (Å²) in [6, 6.07) is 9.94. The van der Waals surface area contributed by atoms with Crippen LogP contribution in [0.5, 0.6) is 5.75 Å². The second-order valence-electron chi connectivity index (χ2n) is 4.24. The molecule has 96 valence electrons. The number of hydrogen-bond acceptors (Lipinski definition) is 3. The Balaban J connectivity index is 2.03. The van der Waals surface area contributed by atoms with Crippen molar-refractivity contribution in [1.29, 1.82) is 0 Å². The van der Waals surface area contributed by atoms with Crippen LogP contribution in [0.2, 0.25) is 0 Å². The van der Waals surface area contributed by atoms with Gasteiger partial charge in [0, 0.05) is 13.6 Å². The largest absolute Gasteiger partial charge is 0.487 e. The van der Waals surface area contributed by atoms with Crippen LogP contribution in [0.25, 0.3) is 0 Å². The van der Waals surface area contributed by atoms with Crippen LogP contribution in [-0.2, 0) is 26.6 Å². The molecule has 0 bridgehead atoms. The molecule has 2 aromatic rings. The average molecular weight is 245 g/mol. The highest BCUT2D eigenvalue weighted by Gasteiger charge is 2.04. The molecule has 4 nitrogen and oxygen atoms in total. The van der Waals surface area contributed by atoms with Crippen molar-refractivity contribution in [2.75, 3.05) is 0 Å². The highest BCUT2D eigenvalue weighted by Crippen LogP contribution is 2.15. The fourth-order valence-electron chi connectivity index (χ4n) is 1.80. The lowest BCUT2D eigenvalue weighted by Gasteiger charge is -2.07. The number of nitrogens with two attached hydrogens (primary N) is 1. The number of benzene rings is 1. The molecular weight excluding hydrogens is 226 g/mol. The summed E-state index contributed by atoms with van der Waals surface area (Å²) < 4.78 is 7.62. The van der Waals surface area contributed by atoms with Crippen LogP contribution in [-0.4, -0.2) is 9.78 Å². The van der Waals surface area contributed by atoms with Crippen LogP contribution in [0.15, 0.2) is 30.3 Å². The van der Waals surface area contributed by atoms with E-state index < -0.39 is 0 Å². The first kappa shape index (κ1) is 12.6. The van der Waals surface area contributed by atoms with Crippen molar-refractivity contribution in [3.8, 4) is 5.75 Å². The van der Waals surface area contributed by atoms with Gasteiger partial charge in [-0.1, -0.05) is 19.1 Å². The summed E-state index contributed by atoms with van der Waals surface area (Å²) >= 11 is 0. The highest BCUT2D eigenvalue weighted by atomic mass is 16.5. The normalized spacial score (nSPS) is 10.6. The monoisotopic (exact) mass is 245 g/mol. The van der Waals surface area contributed by atoms with E-state index in [-0.39, 0.29) is 0 Å². The molecule has 0 atom stereocenters. The molecule has 0 aliphatic rings. The lowest BCUT2D eigenvalue weighted by atomic mass is 10.2. The number of hydrogen-bond donors (Lipinski definition) is 1. The third kappa shape index (κ3) is 2.90. The van der Waals surface area contributed by atoms with Crippen molar-refractivity contribution in [1.82, 2.24) is 9.78 Å². The molecule has 18 heavy (non-hydrogen) atoms. The third-order valence-corrected chi connectivity index (χ3v) is 2.91. The minimum Gasteiger partial charge on any atom is -0.487 e. The van der Waals surface area contributed by atoms with Gasteiger partial charge < -0.3 is 10.5 Å². The topological polar surface area (TPSA) is 53.1 Å². The fraction of sp³-hybridized carbons (Fsp3) is 0.357. The fourth-order valence-corrected chi connectivity index (χ4v) is 1.80. The van der Waals surface area contributed by atoms with E-state index in [1.165, 1.54) is 0 Å². The summed E-state index contributed by atoms with van der Waals surface area (Å²) in [4.78, 5) is 0. The summed E-state index contributed by atoms with van der Waals surface area (Å²) in [6.07, 6.45) is 0.941. The van der Waals surface area contributed by atoms with E-state index in [2.05, 4.69) is 18.1 Å². The standard InChI is InChI=1S/C14H19N3O/c1-3-12-8-13(17(2)16-12)10-18-14-6-4-5-11(7-14)9-15/h4-8H,3,9-10,15H2,1-2H3. The van der Waals surface area contributed by atoms with Crippen LogP contribution in [0, 0.1) is 0 Å². The number of aryl methyl sites for hydroxylation is 2. The van der Waals surface area contributed by atoms with Gasteiger partial charge in [0.15, 0.2) is 0 Å². The third-order valence-electron chi connectivity index (χ3n) is 2.91. The van der Waals surface area contributed by atoms with E-state index in [0.29, 0.717) is 13.2 Å². The smallest absolute Gasteiger partial charge is 0.130 e. The Labute approximate surface area is 107 Å². The number of nitrogens with zero attached hydrogens (tertiary/aromatic N) is 2. The lowest BCUT2D eigenvalue weighted by Crippen LogP contribution is -2.03.